The molecule has 0 amide bonds. The van der Waals surface area contributed by atoms with Gasteiger partial charge in [0.15, 0.2) is 17.5 Å². The Bertz CT molecular complexity index is 2130. The van der Waals surface area contributed by atoms with E-state index in [9.17, 15) is 43.9 Å². The number of benzene rings is 4. The topological polar surface area (TPSA) is 77.4 Å². The standard InChI is InChI=1S/C25H27F5O2.C16H25BO3.C9H4ClF5O/c1-2-3-4-5-17-6-15-22(31-16-17)18-7-9-19(10-8-18)23(26)24(27)20-11-13-21(14-12-20)32-25(28,29)30;1-2-3-4-5-13-6-11-16(20-12-13)14-7-9-15(10-8-14)17(18)19;10-8(12)7(11)5-1-3-6(4-2-5)16-9(13,14)15/h7-14,17,22H,2-6,15-16H2,1H3;7-10,13,16,18-19H,2-6,11-12H2,1H3;1-4H/b24-23+;;8-7+. The van der Waals surface area contributed by atoms with Gasteiger partial charge in [0.2, 0.25) is 5.29 Å². The molecule has 6 nitrogen and oxygen atoms in total. The zero-order chi connectivity index (χ0) is 49.9. The fourth-order valence-electron chi connectivity index (χ4n) is 7.65. The van der Waals surface area contributed by atoms with Crippen molar-refractivity contribution >= 4 is 41.7 Å². The normalized spacial score (nSPS) is 19.3. The zero-order valence-corrected chi connectivity index (χ0v) is 38.5. The van der Waals surface area contributed by atoms with Crippen LogP contribution in [0.3, 0.4) is 0 Å². The molecule has 2 heterocycles. The minimum atomic E-state index is -4.85. The lowest BCUT2D eigenvalue weighted by Gasteiger charge is -2.29. The molecule has 0 radical (unpaired) electrons. The van der Waals surface area contributed by atoms with Crippen LogP contribution in [0.25, 0.3) is 17.5 Å². The Morgan fingerprint density at radius 3 is 1.21 bits per heavy atom. The van der Waals surface area contributed by atoms with Crippen molar-refractivity contribution in [2.24, 2.45) is 11.8 Å². The summed E-state index contributed by atoms with van der Waals surface area (Å²) in [6.07, 6.45) is 4.78. The van der Waals surface area contributed by atoms with Crippen LogP contribution in [0.5, 0.6) is 11.5 Å². The van der Waals surface area contributed by atoms with Crippen LogP contribution in [-0.4, -0.2) is 43.1 Å². The number of unbranched alkanes of at least 4 members (excludes halogenated alkanes) is 4. The Balaban J connectivity index is 0.000000240. The third-order valence-corrected chi connectivity index (χ3v) is 11.5. The van der Waals surface area contributed by atoms with E-state index in [-0.39, 0.29) is 28.9 Å². The lowest BCUT2D eigenvalue weighted by Crippen LogP contribution is -2.29. The molecule has 4 atom stereocenters. The van der Waals surface area contributed by atoms with Crippen LogP contribution in [0, 0.1) is 11.8 Å². The van der Waals surface area contributed by atoms with Gasteiger partial charge in [0.05, 0.1) is 25.4 Å². The largest absolute Gasteiger partial charge is 0.573 e. The molecule has 0 saturated carbocycles. The van der Waals surface area contributed by atoms with Crippen LogP contribution in [0.4, 0.5) is 43.9 Å². The molecule has 2 aliphatic heterocycles. The lowest BCUT2D eigenvalue weighted by molar-refractivity contribution is -0.275. The molecule has 372 valence electrons. The third-order valence-electron chi connectivity index (χ3n) is 11.4. The van der Waals surface area contributed by atoms with Gasteiger partial charge in [-0.3, -0.25) is 0 Å². The molecule has 4 unspecified atom stereocenters. The monoisotopic (exact) mass is 988 g/mol. The van der Waals surface area contributed by atoms with Crippen LogP contribution < -0.4 is 14.9 Å². The second-order valence-electron chi connectivity index (χ2n) is 16.5. The first-order chi connectivity index (χ1) is 32.3. The van der Waals surface area contributed by atoms with E-state index >= 15 is 0 Å². The predicted octanol–water partition coefficient (Wildman–Crippen LogP) is 15.2. The minimum Gasteiger partial charge on any atom is -0.423 e. The van der Waals surface area contributed by atoms with Crippen LogP contribution in [-0.2, 0) is 9.47 Å². The van der Waals surface area contributed by atoms with Crippen molar-refractivity contribution in [3.05, 3.63) is 130 Å². The van der Waals surface area contributed by atoms with Crippen LogP contribution in [0.2, 0.25) is 0 Å². The number of rotatable bonds is 16. The molecule has 0 spiro atoms. The van der Waals surface area contributed by atoms with Gasteiger partial charge >= 0.3 is 19.8 Å². The molecule has 0 aliphatic carbocycles. The van der Waals surface area contributed by atoms with E-state index in [2.05, 4.69) is 23.3 Å². The number of hydrogen-bond donors (Lipinski definition) is 2. The molecule has 68 heavy (non-hydrogen) atoms. The van der Waals surface area contributed by atoms with Crippen molar-refractivity contribution in [3.63, 3.8) is 0 Å². The maximum atomic E-state index is 14.6. The van der Waals surface area contributed by atoms with Crippen LogP contribution in [0.1, 0.15) is 131 Å². The Labute approximate surface area is 396 Å². The van der Waals surface area contributed by atoms with E-state index in [1.165, 1.54) is 69.9 Å². The highest BCUT2D eigenvalue weighted by Crippen LogP contribution is 2.36. The summed E-state index contributed by atoms with van der Waals surface area (Å²) >= 11 is 4.74. The van der Waals surface area contributed by atoms with E-state index < -0.39 is 54.1 Å². The number of alkyl halides is 6. The summed E-state index contributed by atoms with van der Waals surface area (Å²) < 4.78 is 145. The van der Waals surface area contributed by atoms with Gasteiger partial charge in [-0.15, -0.1) is 26.3 Å². The fourth-order valence-corrected chi connectivity index (χ4v) is 7.76. The Morgan fingerprint density at radius 2 is 0.897 bits per heavy atom. The molecular weight excluding hydrogens is 933 g/mol. The number of halogens is 11. The first-order valence-electron chi connectivity index (χ1n) is 22.5. The summed E-state index contributed by atoms with van der Waals surface area (Å²) in [5.74, 6) is -3.31. The average Bonchev–Trinajstić information content (AvgIpc) is 3.31. The van der Waals surface area contributed by atoms with Gasteiger partial charge in [-0.25, -0.2) is 13.2 Å². The van der Waals surface area contributed by atoms with Crippen molar-refractivity contribution < 1.29 is 72.9 Å². The smallest absolute Gasteiger partial charge is 0.423 e. The maximum Gasteiger partial charge on any atom is 0.573 e. The van der Waals surface area contributed by atoms with Gasteiger partial charge in [-0.2, -0.15) is 4.39 Å². The van der Waals surface area contributed by atoms with Gasteiger partial charge in [0, 0.05) is 16.7 Å². The highest BCUT2D eigenvalue weighted by molar-refractivity contribution is 6.58. The van der Waals surface area contributed by atoms with E-state index in [1.807, 2.05) is 12.1 Å². The van der Waals surface area contributed by atoms with Gasteiger partial charge in [-0.1, -0.05) is 101 Å². The van der Waals surface area contributed by atoms with Gasteiger partial charge in [0.1, 0.15) is 11.5 Å². The van der Waals surface area contributed by atoms with Crippen molar-refractivity contribution in [1.29, 1.82) is 0 Å². The van der Waals surface area contributed by atoms with Gasteiger partial charge in [-0.05, 0) is 127 Å². The summed E-state index contributed by atoms with van der Waals surface area (Å²) in [7, 11) is -1.39. The molecule has 18 heteroatoms. The molecule has 0 aromatic heterocycles. The van der Waals surface area contributed by atoms with E-state index in [1.54, 1.807) is 24.3 Å². The van der Waals surface area contributed by atoms with Gasteiger partial charge < -0.3 is 29.0 Å². The van der Waals surface area contributed by atoms with Crippen LogP contribution >= 0.6 is 11.6 Å². The number of ether oxygens (including phenoxy) is 4. The van der Waals surface area contributed by atoms with Crippen molar-refractivity contribution in [2.75, 3.05) is 13.2 Å². The summed E-state index contributed by atoms with van der Waals surface area (Å²) in [4.78, 5) is 0. The Kier molecular flexibility index (Phi) is 22.7. The first-order valence-corrected chi connectivity index (χ1v) is 22.9. The molecular formula is C50H56BClF10O6. The molecule has 4 aromatic rings. The van der Waals surface area contributed by atoms with E-state index in [0.29, 0.717) is 18.0 Å². The molecule has 2 saturated heterocycles. The Hall–Kier alpha value is -4.55. The first kappa shape index (κ1) is 56.0. The number of hydrogen-bond acceptors (Lipinski definition) is 6. The minimum absolute atomic E-state index is 0.0510. The van der Waals surface area contributed by atoms with Crippen LogP contribution in [0.15, 0.2) is 102 Å². The van der Waals surface area contributed by atoms with Crippen molar-refractivity contribution in [3.8, 4) is 11.5 Å². The van der Waals surface area contributed by atoms with Gasteiger partial charge in [0.25, 0.3) is 0 Å². The van der Waals surface area contributed by atoms with Crippen molar-refractivity contribution in [2.45, 2.75) is 116 Å². The molecule has 2 N–H and O–H groups in total. The predicted molar refractivity (Wildman–Crippen MR) is 244 cm³/mol. The molecule has 0 bridgehead atoms. The highest BCUT2D eigenvalue weighted by atomic mass is 35.5. The molecule has 6 rings (SSSR count). The summed E-state index contributed by atoms with van der Waals surface area (Å²) in [5.41, 5.74) is 2.19. The average molecular weight is 989 g/mol. The Morgan fingerprint density at radius 1 is 0.544 bits per heavy atom. The summed E-state index contributed by atoms with van der Waals surface area (Å²) in [5, 5.41) is 16.6. The fraction of sp³-hybridized carbons (Fsp3) is 0.440. The van der Waals surface area contributed by atoms with E-state index in [4.69, 9.17) is 31.1 Å². The quantitative estimate of drug-likeness (QED) is 0.0504. The molecule has 2 aliphatic rings. The van der Waals surface area contributed by atoms with E-state index in [0.717, 1.165) is 91.4 Å². The second-order valence-corrected chi connectivity index (χ2v) is 16.9. The summed E-state index contributed by atoms with van der Waals surface area (Å²) in [6, 6.07) is 21.3. The second kappa shape index (κ2) is 27.6. The third kappa shape index (κ3) is 19.5. The lowest BCUT2D eigenvalue weighted by atomic mass is 9.79. The molecule has 2 fully saturated rings. The van der Waals surface area contributed by atoms with Crippen molar-refractivity contribution in [1.82, 2.24) is 0 Å². The molecule has 4 aromatic carbocycles. The zero-order valence-electron chi connectivity index (χ0n) is 37.7. The summed E-state index contributed by atoms with van der Waals surface area (Å²) in [6.45, 7) is 6.00. The SMILES string of the molecule is CCCCCC1CCC(c2ccc(/C(F)=C(\F)c3ccc(OC(F)(F)F)cc3)cc2)OC1.CCCCCC1CCC(c2ccc(B(O)O)cc2)OC1.F/C(Cl)=C(/F)c1ccc(OC(F)(F)F)cc1. The maximum absolute atomic E-state index is 14.6. The highest BCUT2D eigenvalue weighted by Gasteiger charge is 2.32.